The van der Waals surface area contributed by atoms with Gasteiger partial charge >= 0.3 is 0 Å². The first-order valence-corrected chi connectivity index (χ1v) is 7.57. The molecule has 4 nitrogen and oxygen atoms in total. The van der Waals surface area contributed by atoms with Gasteiger partial charge in [0.15, 0.2) is 0 Å². The maximum atomic E-state index is 12.5. The second-order valence-corrected chi connectivity index (χ2v) is 5.87. The van der Waals surface area contributed by atoms with Gasteiger partial charge < -0.3 is 10.6 Å². The van der Waals surface area contributed by atoms with Gasteiger partial charge in [0.05, 0.1) is 6.04 Å². The lowest BCUT2D eigenvalue weighted by Gasteiger charge is -2.36. The van der Waals surface area contributed by atoms with E-state index in [1.807, 2.05) is 18.2 Å². The van der Waals surface area contributed by atoms with Crippen molar-refractivity contribution >= 4 is 11.6 Å². The van der Waals surface area contributed by atoms with Crippen LogP contribution in [0.2, 0.25) is 0 Å². The van der Waals surface area contributed by atoms with Crippen LogP contribution < -0.4 is 10.6 Å². The highest BCUT2D eigenvalue weighted by Gasteiger charge is 2.31. The van der Waals surface area contributed by atoms with Gasteiger partial charge in [0.25, 0.3) is 0 Å². The van der Waals surface area contributed by atoms with E-state index in [0.29, 0.717) is 6.04 Å². The molecule has 3 rings (SSSR count). The van der Waals surface area contributed by atoms with Crippen LogP contribution in [0.1, 0.15) is 24.8 Å². The van der Waals surface area contributed by atoms with Crippen molar-refractivity contribution in [1.29, 1.82) is 0 Å². The molecule has 0 radical (unpaired) electrons. The summed E-state index contributed by atoms with van der Waals surface area (Å²) < 4.78 is 0. The van der Waals surface area contributed by atoms with Crippen LogP contribution >= 0.6 is 0 Å². The molecule has 0 bridgehead atoms. The predicted octanol–water partition coefficient (Wildman–Crippen LogP) is 1.62. The number of aryl methyl sites for hydroxylation is 1. The molecule has 1 aromatic carbocycles. The van der Waals surface area contributed by atoms with Crippen molar-refractivity contribution < 1.29 is 4.79 Å². The third-order valence-electron chi connectivity index (χ3n) is 4.60. The summed E-state index contributed by atoms with van der Waals surface area (Å²) in [6.45, 7) is 2.10. The summed E-state index contributed by atoms with van der Waals surface area (Å²) in [6.07, 6.45) is 4.24. The molecule has 1 amide bonds. The van der Waals surface area contributed by atoms with Crippen LogP contribution in [0, 0.1) is 0 Å². The molecule has 2 atom stereocenters. The Hall–Kier alpha value is -1.39. The number of hydrogen-bond donors (Lipinski definition) is 2. The second-order valence-electron chi connectivity index (χ2n) is 5.87. The van der Waals surface area contributed by atoms with Crippen LogP contribution in [0.4, 0.5) is 5.69 Å². The SMILES string of the molecule is CN(C1CCCNC1)C1CCc2ccccc2NC1=O. The van der Waals surface area contributed by atoms with Gasteiger partial charge in [0.1, 0.15) is 0 Å². The second kappa shape index (κ2) is 5.94. The largest absolute Gasteiger partial charge is 0.324 e. The lowest BCUT2D eigenvalue weighted by molar-refractivity contribution is -0.121. The fraction of sp³-hybridized carbons (Fsp3) is 0.562. The van der Waals surface area contributed by atoms with Gasteiger partial charge in [-0.25, -0.2) is 0 Å². The highest BCUT2D eigenvalue weighted by Crippen LogP contribution is 2.24. The average Bonchev–Trinajstić information content (AvgIpc) is 2.66. The highest BCUT2D eigenvalue weighted by molar-refractivity contribution is 5.96. The summed E-state index contributed by atoms with van der Waals surface area (Å²) in [5.41, 5.74) is 2.23. The minimum Gasteiger partial charge on any atom is -0.324 e. The number of anilines is 1. The van der Waals surface area contributed by atoms with E-state index >= 15 is 0 Å². The van der Waals surface area contributed by atoms with E-state index < -0.39 is 0 Å². The molecular weight excluding hydrogens is 250 g/mol. The molecule has 0 aliphatic carbocycles. The van der Waals surface area contributed by atoms with Crippen LogP contribution in [0.3, 0.4) is 0 Å². The summed E-state index contributed by atoms with van der Waals surface area (Å²) in [6, 6.07) is 8.58. The maximum Gasteiger partial charge on any atom is 0.241 e. The van der Waals surface area contributed by atoms with Crippen LogP contribution in [-0.4, -0.2) is 43.0 Å². The number of benzene rings is 1. The Kier molecular flexibility index (Phi) is 4.03. The fourth-order valence-electron chi connectivity index (χ4n) is 3.32. The van der Waals surface area contributed by atoms with Gasteiger partial charge in [-0.3, -0.25) is 9.69 Å². The van der Waals surface area contributed by atoms with Crippen molar-refractivity contribution in [3.63, 3.8) is 0 Å². The molecular formula is C16H23N3O. The summed E-state index contributed by atoms with van der Waals surface area (Å²) >= 11 is 0. The topological polar surface area (TPSA) is 44.4 Å². The summed E-state index contributed by atoms with van der Waals surface area (Å²) in [5, 5.41) is 6.52. The molecule has 1 aromatic rings. The zero-order valence-electron chi connectivity index (χ0n) is 12.1. The number of likely N-dealkylation sites (N-methyl/N-ethyl adjacent to an activating group) is 1. The monoisotopic (exact) mass is 273 g/mol. The van der Waals surface area contributed by atoms with Crippen molar-refractivity contribution in [3.05, 3.63) is 29.8 Å². The number of para-hydroxylation sites is 1. The number of rotatable bonds is 2. The van der Waals surface area contributed by atoms with Crippen LogP contribution in [-0.2, 0) is 11.2 Å². The van der Waals surface area contributed by atoms with Gasteiger partial charge in [-0.05, 0) is 50.9 Å². The van der Waals surface area contributed by atoms with Crippen LogP contribution in [0.25, 0.3) is 0 Å². The molecule has 0 spiro atoms. The van der Waals surface area contributed by atoms with E-state index in [-0.39, 0.29) is 11.9 Å². The van der Waals surface area contributed by atoms with E-state index in [1.165, 1.54) is 18.4 Å². The van der Waals surface area contributed by atoms with E-state index in [0.717, 1.165) is 31.6 Å². The number of carbonyl (C=O) groups is 1. The molecule has 2 unspecified atom stereocenters. The molecule has 2 heterocycles. The highest BCUT2D eigenvalue weighted by atomic mass is 16.2. The standard InChI is InChI=1S/C16H23N3O/c1-19(13-6-4-10-17-11-13)15-9-8-12-5-2-3-7-14(12)18-16(15)20/h2-3,5,7,13,15,17H,4,6,8-11H2,1H3,(H,18,20). The molecule has 2 N–H and O–H groups in total. The minimum atomic E-state index is -0.0210. The smallest absolute Gasteiger partial charge is 0.241 e. The van der Waals surface area contributed by atoms with Crippen molar-refractivity contribution in [1.82, 2.24) is 10.2 Å². The molecule has 2 aliphatic rings. The summed E-state index contributed by atoms with van der Waals surface area (Å²) in [7, 11) is 2.10. The molecule has 1 saturated heterocycles. The number of nitrogens with zero attached hydrogens (tertiary/aromatic N) is 1. The average molecular weight is 273 g/mol. The lowest BCUT2D eigenvalue weighted by atomic mass is 10.0. The molecule has 108 valence electrons. The fourth-order valence-corrected chi connectivity index (χ4v) is 3.32. The summed E-state index contributed by atoms with van der Waals surface area (Å²) in [5.74, 6) is 0.142. The Labute approximate surface area is 120 Å². The van der Waals surface area contributed by atoms with Crippen LogP contribution in [0.5, 0.6) is 0 Å². The Morgan fingerprint density at radius 3 is 2.90 bits per heavy atom. The number of carbonyl (C=O) groups excluding carboxylic acids is 1. The maximum absolute atomic E-state index is 12.5. The first-order chi connectivity index (χ1) is 9.75. The molecule has 0 aromatic heterocycles. The molecule has 4 heteroatoms. The number of amides is 1. The van der Waals surface area contributed by atoms with Gasteiger partial charge in [0, 0.05) is 18.3 Å². The van der Waals surface area contributed by atoms with E-state index in [4.69, 9.17) is 0 Å². The first kappa shape index (κ1) is 13.6. The van der Waals surface area contributed by atoms with Gasteiger partial charge in [-0.1, -0.05) is 18.2 Å². The van der Waals surface area contributed by atoms with Gasteiger partial charge in [0.2, 0.25) is 5.91 Å². The zero-order valence-corrected chi connectivity index (χ0v) is 12.1. The van der Waals surface area contributed by atoms with Crippen LogP contribution in [0.15, 0.2) is 24.3 Å². The molecule has 2 aliphatic heterocycles. The Morgan fingerprint density at radius 2 is 2.10 bits per heavy atom. The normalized spacial score (nSPS) is 26.8. The molecule has 20 heavy (non-hydrogen) atoms. The third kappa shape index (κ3) is 2.72. The summed E-state index contributed by atoms with van der Waals surface area (Å²) in [4.78, 5) is 14.8. The van der Waals surface area contributed by atoms with E-state index in [2.05, 4.69) is 28.6 Å². The first-order valence-electron chi connectivity index (χ1n) is 7.57. The Balaban J connectivity index is 1.73. The third-order valence-corrected chi connectivity index (χ3v) is 4.60. The van der Waals surface area contributed by atoms with Crippen molar-refractivity contribution in [2.45, 2.75) is 37.8 Å². The van der Waals surface area contributed by atoms with Crippen molar-refractivity contribution in [3.8, 4) is 0 Å². The Morgan fingerprint density at radius 1 is 1.25 bits per heavy atom. The van der Waals surface area contributed by atoms with Crippen molar-refractivity contribution in [2.75, 3.05) is 25.5 Å². The lowest BCUT2D eigenvalue weighted by Crippen LogP contribution is -2.52. The zero-order chi connectivity index (χ0) is 13.9. The number of fused-ring (bicyclic) bond motifs is 1. The van der Waals surface area contributed by atoms with Gasteiger partial charge in [-0.15, -0.1) is 0 Å². The van der Waals surface area contributed by atoms with Crippen molar-refractivity contribution in [2.24, 2.45) is 0 Å². The predicted molar refractivity (Wildman–Crippen MR) is 80.8 cm³/mol. The quantitative estimate of drug-likeness (QED) is 0.860. The molecule has 1 fully saturated rings. The van der Waals surface area contributed by atoms with Gasteiger partial charge in [-0.2, -0.15) is 0 Å². The number of nitrogens with one attached hydrogen (secondary N) is 2. The number of hydrogen-bond acceptors (Lipinski definition) is 3. The van der Waals surface area contributed by atoms with E-state index in [1.54, 1.807) is 0 Å². The number of piperidine rings is 1. The minimum absolute atomic E-state index is 0.0210. The van der Waals surface area contributed by atoms with E-state index in [9.17, 15) is 4.79 Å². The Bertz CT molecular complexity index is 482. The molecule has 0 saturated carbocycles.